The number of hydrogen-bond acceptors (Lipinski definition) is 6. The van der Waals surface area contributed by atoms with Crippen LogP contribution in [-0.2, 0) is 0 Å². The van der Waals surface area contributed by atoms with E-state index in [1.165, 1.54) is 17.7 Å². The van der Waals surface area contributed by atoms with Crippen LogP contribution in [0.2, 0.25) is 0 Å². The van der Waals surface area contributed by atoms with Gasteiger partial charge >= 0.3 is 0 Å². The van der Waals surface area contributed by atoms with Crippen LogP contribution in [0.1, 0.15) is 15.5 Å². The van der Waals surface area contributed by atoms with Gasteiger partial charge in [-0.3, -0.25) is 4.79 Å². The normalized spacial score (nSPS) is 16.0. The molecule has 19 heavy (non-hydrogen) atoms. The molecule has 2 rings (SSSR count). The molecule has 1 amide bonds. The molecule has 0 N–H and O–H groups in total. The predicted octanol–water partition coefficient (Wildman–Crippen LogP) is 0.754. The van der Waals surface area contributed by atoms with Crippen molar-refractivity contribution in [1.82, 2.24) is 24.8 Å². The fourth-order valence-electron chi connectivity index (χ4n) is 1.70. The Balaban J connectivity index is 2.21. The van der Waals surface area contributed by atoms with E-state index >= 15 is 0 Å². The van der Waals surface area contributed by atoms with E-state index in [1.807, 2.05) is 11.8 Å². The molecule has 102 valence electrons. The van der Waals surface area contributed by atoms with Crippen molar-refractivity contribution >= 4 is 17.2 Å². The number of hydrogen-bond donors (Lipinski definition) is 0. The molecule has 0 aromatic carbocycles. The lowest BCUT2D eigenvalue weighted by molar-refractivity contribution is 0.0663. The standard InChI is InChI=1S/C12H17N5OS/c1-10-7-14-11(19-9-13-8-15-10)12(18)17-5-3-16(2)4-6-17/h7-9H,3-6H2,1-2H3. The summed E-state index contributed by atoms with van der Waals surface area (Å²) in [5, 5.41) is 0.443. The van der Waals surface area contributed by atoms with Crippen LogP contribution in [0.15, 0.2) is 18.0 Å². The molecule has 1 aromatic rings. The minimum atomic E-state index is -0.0319. The van der Waals surface area contributed by atoms with E-state index in [2.05, 4.69) is 26.9 Å². The average Bonchev–Trinajstić information content (AvgIpc) is 2.51. The Labute approximate surface area is 116 Å². The van der Waals surface area contributed by atoms with E-state index in [1.54, 1.807) is 11.7 Å². The zero-order valence-electron chi connectivity index (χ0n) is 11.1. The fraction of sp³-hybridized carbons (Fsp3) is 0.500. The number of nitrogens with zero attached hydrogens (tertiary/aromatic N) is 5. The highest BCUT2D eigenvalue weighted by molar-refractivity contribution is 7.11. The van der Waals surface area contributed by atoms with Crippen LogP contribution >= 0.6 is 11.3 Å². The Bertz CT molecular complexity index is 495. The lowest BCUT2D eigenvalue weighted by Crippen LogP contribution is -2.47. The molecule has 2 heterocycles. The number of aryl methyl sites for hydroxylation is 1. The van der Waals surface area contributed by atoms with Gasteiger partial charge in [-0.15, -0.1) is 0 Å². The summed E-state index contributed by atoms with van der Waals surface area (Å²) in [6, 6.07) is 0. The Morgan fingerprint density at radius 1 is 1.26 bits per heavy atom. The van der Waals surface area contributed by atoms with Gasteiger partial charge in [-0.2, -0.15) is 0 Å². The highest BCUT2D eigenvalue weighted by Gasteiger charge is 2.21. The van der Waals surface area contributed by atoms with E-state index in [0.717, 1.165) is 31.9 Å². The summed E-state index contributed by atoms with van der Waals surface area (Å²) in [6.07, 6.45) is 3.05. The van der Waals surface area contributed by atoms with Crippen LogP contribution in [0, 0.1) is 6.92 Å². The molecule has 0 atom stereocenters. The van der Waals surface area contributed by atoms with Crippen molar-refractivity contribution in [3.63, 3.8) is 0 Å². The summed E-state index contributed by atoms with van der Waals surface area (Å²) in [5.41, 5.74) is 2.31. The topological polar surface area (TPSA) is 62.2 Å². The molecular weight excluding hydrogens is 262 g/mol. The Morgan fingerprint density at radius 2 is 2.00 bits per heavy atom. The first-order chi connectivity index (χ1) is 9.16. The smallest absolute Gasteiger partial charge is 0.282 e. The molecule has 7 heteroatoms. The summed E-state index contributed by atoms with van der Waals surface area (Å²) in [6.45, 7) is 5.10. The monoisotopic (exact) mass is 279 g/mol. The Morgan fingerprint density at radius 3 is 2.74 bits per heavy atom. The molecule has 0 bridgehead atoms. The molecule has 6 nitrogen and oxygen atoms in total. The van der Waals surface area contributed by atoms with Crippen LogP contribution in [0.4, 0.5) is 0 Å². The second-order valence-corrected chi connectivity index (χ2v) is 5.25. The molecule has 0 radical (unpaired) electrons. The van der Waals surface area contributed by atoms with Gasteiger partial charge < -0.3 is 9.80 Å². The van der Waals surface area contributed by atoms with Crippen molar-refractivity contribution in [2.24, 2.45) is 0 Å². The highest BCUT2D eigenvalue weighted by Crippen LogP contribution is 2.08. The summed E-state index contributed by atoms with van der Waals surface area (Å²) in [4.78, 5) is 28.7. The number of amides is 1. The van der Waals surface area contributed by atoms with Crippen molar-refractivity contribution in [1.29, 1.82) is 0 Å². The van der Waals surface area contributed by atoms with E-state index < -0.39 is 0 Å². The molecule has 0 saturated carbocycles. The Hall–Kier alpha value is -1.60. The minimum Gasteiger partial charge on any atom is -0.334 e. The number of carbonyl (C=O) groups excluding carboxylic acids is 1. The minimum absolute atomic E-state index is 0.0319. The van der Waals surface area contributed by atoms with Gasteiger partial charge in [-0.25, -0.2) is 15.0 Å². The first kappa shape index (κ1) is 13.8. The highest BCUT2D eigenvalue weighted by atomic mass is 32.1. The largest absolute Gasteiger partial charge is 0.334 e. The maximum atomic E-state index is 12.4. The van der Waals surface area contributed by atoms with E-state index in [0.29, 0.717) is 5.01 Å². The van der Waals surface area contributed by atoms with Crippen LogP contribution in [0.5, 0.6) is 0 Å². The van der Waals surface area contributed by atoms with Crippen LogP contribution in [-0.4, -0.2) is 63.9 Å². The zero-order chi connectivity index (χ0) is 13.7. The summed E-state index contributed by atoms with van der Waals surface area (Å²) >= 11 is 1.23. The Kier molecular flexibility index (Phi) is 4.75. The third-order valence-corrected chi connectivity index (χ3v) is 3.63. The van der Waals surface area contributed by atoms with Crippen molar-refractivity contribution in [3.8, 4) is 0 Å². The number of likely N-dealkylation sites (N-methyl/N-ethyl adjacent to an activating group) is 1. The number of carbonyl (C=O) groups is 1. The van der Waals surface area contributed by atoms with Gasteiger partial charge in [0.2, 0.25) is 0 Å². The van der Waals surface area contributed by atoms with Gasteiger partial charge in [0.05, 0.1) is 11.2 Å². The fourth-order valence-corrected chi connectivity index (χ4v) is 2.26. The van der Waals surface area contributed by atoms with E-state index in [4.69, 9.17) is 0 Å². The number of rotatable bonds is 1. The first-order valence-electron chi connectivity index (χ1n) is 6.10. The maximum Gasteiger partial charge on any atom is 0.282 e. The van der Waals surface area contributed by atoms with Gasteiger partial charge in [0.1, 0.15) is 6.33 Å². The van der Waals surface area contributed by atoms with Crippen LogP contribution in [0.25, 0.3) is 0 Å². The molecule has 0 aliphatic carbocycles. The molecular formula is C12H17N5OS. The number of piperazine rings is 1. The van der Waals surface area contributed by atoms with E-state index in [9.17, 15) is 4.79 Å². The second-order valence-electron chi connectivity index (χ2n) is 4.42. The third-order valence-electron chi connectivity index (χ3n) is 2.90. The zero-order valence-corrected chi connectivity index (χ0v) is 11.9. The lowest BCUT2D eigenvalue weighted by Gasteiger charge is -2.31. The quantitative estimate of drug-likeness (QED) is 0.759. The van der Waals surface area contributed by atoms with Gasteiger partial charge in [0, 0.05) is 32.4 Å². The molecule has 1 fully saturated rings. The molecule has 0 unspecified atom stereocenters. The first-order valence-corrected chi connectivity index (χ1v) is 6.98. The summed E-state index contributed by atoms with van der Waals surface area (Å²) < 4.78 is 0. The van der Waals surface area contributed by atoms with Gasteiger partial charge in [0.25, 0.3) is 5.91 Å². The van der Waals surface area contributed by atoms with Crippen molar-refractivity contribution < 1.29 is 4.79 Å². The van der Waals surface area contributed by atoms with Crippen LogP contribution < -0.4 is 0 Å². The molecule has 1 aliphatic rings. The lowest BCUT2D eigenvalue weighted by atomic mass is 10.3. The maximum absolute atomic E-state index is 12.4. The predicted molar refractivity (Wildman–Crippen MR) is 73.5 cm³/mol. The third kappa shape index (κ3) is 3.93. The summed E-state index contributed by atoms with van der Waals surface area (Å²) in [5.74, 6) is -0.0319. The van der Waals surface area contributed by atoms with Crippen molar-refractivity contribution in [2.45, 2.75) is 6.92 Å². The summed E-state index contributed by atoms with van der Waals surface area (Å²) in [7, 11) is 2.06. The van der Waals surface area contributed by atoms with E-state index in [-0.39, 0.29) is 5.91 Å². The van der Waals surface area contributed by atoms with Gasteiger partial charge in [-0.1, -0.05) is 11.3 Å². The van der Waals surface area contributed by atoms with Gasteiger partial charge in [0.15, 0.2) is 5.01 Å². The number of aromatic nitrogens is 3. The SMILES string of the molecule is Cc1cnc(C(=O)N2CCN(C)CC2)scncn1. The second kappa shape index (κ2) is 6.53. The van der Waals surface area contributed by atoms with Crippen LogP contribution in [0.3, 0.4) is 0 Å². The molecule has 1 aromatic heterocycles. The molecule has 1 aliphatic heterocycles. The van der Waals surface area contributed by atoms with Crippen molar-refractivity contribution in [3.05, 3.63) is 28.7 Å². The molecule has 1 saturated heterocycles. The molecule has 0 spiro atoms. The van der Waals surface area contributed by atoms with Crippen molar-refractivity contribution in [2.75, 3.05) is 33.2 Å². The van der Waals surface area contributed by atoms with Gasteiger partial charge in [-0.05, 0) is 14.0 Å². The average molecular weight is 279 g/mol.